The van der Waals surface area contributed by atoms with E-state index in [4.69, 9.17) is 14.2 Å². The third-order valence-electron chi connectivity index (χ3n) is 6.18. The first-order chi connectivity index (χ1) is 17.6. The molecule has 0 saturated carbocycles. The molecule has 0 aliphatic rings. The van der Waals surface area contributed by atoms with Crippen molar-refractivity contribution in [3.63, 3.8) is 0 Å². The lowest BCUT2D eigenvalue weighted by Crippen LogP contribution is -2.25. The molecule has 0 saturated heterocycles. The van der Waals surface area contributed by atoms with Crippen LogP contribution in [0.2, 0.25) is 0 Å². The number of methoxy groups -OCH3 is 1. The average Bonchev–Trinajstić information content (AvgIpc) is 2.91. The molecule has 2 N–H and O–H groups in total. The van der Waals surface area contributed by atoms with E-state index in [0.717, 1.165) is 16.9 Å². The number of carbonyl (C=O) groups excluding carboxylic acids is 2. The number of rotatable bonds is 16. The Kier molecular flexibility index (Phi) is 14.5. The van der Waals surface area contributed by atoms with Gasteiger partial charge in [-0.15, -0.1) is 0 Å². The molecule has 2 aromatic rings. The Morgan fingerprint density at radius 2 is 1.21 bits per heavy atom. The Labute approximate surface area is 226 Å². The van der Waals surface area contributed by atoms with Crippen molar-refractivity contribution < 1.29 is 38.7 Å². The largest absolute Gasteiger partial charge is 0.491 e. The zero-order valence-corrected chi connectivity index (χ0v) is 22.3. The van der Waals surface area contributed by atoms with Gasteiger partial charge in [0, 0.05) is 18.3 Å². The zero-order chi connectivity index (χ0) is 27.3. The van der Waals surface area contributed by atoms with E-state index in [-0.39, 0.29) is 51.5 Å². The molecular formula is C30H44O8. The number of hydrogen-bond donors (Lipinski definition) is 2. The fourth-order valence-electron chi connectivity index (χ4n) is 3.56. The average molecular weight is 533 g/mol. The van der Waals surface area contributed by atoms with Gasteiger partial charge in [0.1, 0.15) is 37.4 Å². The summed E-state index contributed by atoms with van der Waals surface area (Å²) in [4.78, 5) is 22.8. The van der Waals surface area contributed by atoms with Crippen molar-refractivity contribution in [3.05, 3.63) is 59.7 Å². The zero-order valence-electron chi connectivity index (χ0n) is 22.3. The fraction of sp³-hybridized carbons (Fsp3) is 0.533. The van der Waals surface area contributed by atoms with Gasteiger partial charge < -0.3 is 29.2 Å². The lowest BCUT2D eigenvalue weighted by atomic mass is 9.78. The summed E-state index contributed by atoms with van der Waals surface area (Å²) in [5, 5.41) is 19.8. The smallest absolute Gasteiger partial charge is 0.305 e. The van der Waals surface area contributed by atoms with Crippen LogP contribution >= 0.6 is 0 Å². The molecule has 8 nitrogen and oxygen atoms in total. The number of ether oxygens (including phenoxy) is 4. The van der Waals surface area contributed by atoms with E-state index in [1.165, 1.54) is 7.11 Å². The van der Waals surface area contributed by atoms with Crippen LogP contribution < -0.4 is 9.47 Å². The summed E-state index contributed by atoms with van der Waals surface area (Å²) in [6.07, 6.45) is 0.742. The molecule has 212 valence electrons. The Balaban J connectivity index is 0.00000722. The van der Waals surface area contributed by atoms with Crippen LogP contribution in [-0.4, -0.2) is 61.3 Å². The van der Waals surface area contributed by atoms with Crippen LogP contribution in [0.3, 0.4) is 0 Å². The lowest BCUT2D eigenvalue weighted by molar-refractivity contribution is -0.147. The molecule has 8 heteroatoms. The maximum atomic E-state index is 11.8. The van der Waals surface area contributed by atoms with E-state index in [1.54, 1.807) is 0 Å². The van der Waals surface area contributed by atoms with E-state index in [2.05, 4.69) is 18.6 Å². The van der Waals surface area contributed by atoms with Gasteiger partial charge in [-0.25, -0.2) is 0 Å². The molecule has 0 bridgehead atoms. The van der Waals surface area contributed by atoms with E-state index in [0.29, 0.717) is 25.0 Å². The third kappa shape index (κ3) is 11.1. The molecule has 0 aromatic heterocycles. The first-order valence-corrected chi connectivity index (χ1v) is 12.7. The highest BCUT2D eigenvalue weighted by Gasteiger charge is 2.23. The Hall–Kier alpha value is -3.10. The van der Waals surface area contributed by atoms with E-state index >= 15 is 0 Å². The first kappa shape index (κ1) is 32.9. The minimum Gasteiger partial charge on any atom is -0.491 e. The van der Waals surface area contributed by atoms with Gasteiger partial charge in [0.2, 0.25) is 0 Å². The maximum absolute atomic E-state index is 11.8. The Bertz CT molecular complexity index is 953. The Morgan fingerprint density at radius 3 is 1.66 bits per heavy atom. The summed E-state index contributed by atoms with van der Waals surface area (Å²) in [5.41, 5.74) is 1.95. The van der Waals surface area contributed by atoms with Crippen LogP contribution in [0, 0.1) is 0 Å². The van der Waals surface area contributed by atoms with Crippen LogP contribution in [-0.2, 0) is 24.5 Å². The number of benzene rings is 2. The van der Waals surface area contributed by atoms with Gasteiger partial charge in [0.15, 0.2) is 0 Å². The molecule has 0 fully saturated rings. The molecule has 0 radical (unpaired) electrons. The van der Waals surface area contributed by atoms with Crippen molar-refractivity contribution in [2.24, 2.45) is 0 Å². The van der Waals surface area contributed by atoms with E-state index in [1.807, 2.05) is 55.5 Å². The highest BCUT2D eigenvalue weighted by Crippen LogP contribution is 2.33. The van der Waals surface area contributed by atoms with Crippen molar-refractivity contribution in [3.8, 4) is 11.5 Å². The van der Waals surface area contributed by atoms with Gasteiger partial charge in [0.05, 0.1) is 13.2 Å². The van der Waals surface area contributed by atoms with Gasteiger partial charge in [0.25, 0.3) is 0 Å². The van der Waals surface area contributed by atoms with E-state index in [9.17, 15) is 19.8 Å². The molecular weight excluding hydrogens is 488 g/mol. The molecule has 2 unspecified atom stereocenters. The summed E-state index contributed by atoms with van der Waals surface area (Å²) < 4.78 is 20.9. The standard InChI is InChI=1S/C29H40O8.CH4/c1-5-23(30)18-35-25-14-10-21(11-15-25)29(2,3)22-12-16-26(17-13-22)36-19-24(31)20-37-28(33)9-7-6-8-27(32)34-4;/h10-17,23-24,30-31H,5-9,18-20H2,1-4H3;1H4. The van der Waals surface area contributed by atoms with Crippen LogP contribution in [0.25, 0.3) is 0 Å². The molecule has 2 aromatic carbocycles. The summed E-state index contributed by atoms with van der Waals surface area (Å²) in [5.74, 6) is 0.597. The molecule has 2 rings (SSSR count). The molecule has 38 heavy (non-hydrogen) atoms. The number of unbranched alkanes of at least 4 members (excludes halogenated alkanes) is 1. The second kappa shape index (κ2) is 16.7. The van der Waals surface area contributed by atoms with Crippen LogP contribution in [0.4, 0.5) is 0 Å². The van der Waals surface area contributed by atoms with Crippen molar-refractivity contribution in [2.75, 3.05) is 26.9 Å². The van der Waals surface area contributed by atoms with Gasteiger partial charge in [-0.3, -0.25) is 9.59 Å². The monoisotopic (exact) mass is 532 g/mol. The molecule has 2 atom stereocenters. The van der Waals surface area contributed by atoms with Crippen molar-refractivity contribution in [2.45, 2.75) is 77.9 Å². The summed E-state index contributed by atoms with van der Waals surface area (Å²) in [6, 6.07) is 15.5. The van der Waals surface area contributed by atoms with E-state index < -0.39 is 18.2 Å². The van der Waals surface area contributed by atoms with Gasteiger partial charge in [-0.05, 0) is 54.7 Å². The number of carbonyl (C=O) groups is 2. The number of aliphatic hydroxyl groups is 2. The molecule has 0 heterocycles. The minimum absolute atomic E-state index is 0. The van der Waals surface area contributed by atoms with Crippen molar-refractivity contribution in [1.29, 1.82) is 0 Å². The van der Waals surface area contributed by atoms with Crippen LogP contribution in [0.1, 0.15) is 71.4 Å². The fourth-order valence-corrected chi connectivity index (χ4v) is 3.56. The second-order valence-electron chi connectivity index (χ2n) is 9.48. The lowest BCUT2D eigenvalue weighted by Gasteiger charge is -2.26. The summed E-state index contributed by atoms with van der Waals surface area (Å²) in [6.45, 7) is 6.29. The van der Waals surface area contributed by atoms with Gasteiger partial charge >= 0.3 is 11.9 Å². The SMILES string of the molecule is C.CCC(O)COc1ccc(C(C)(C)c2ccc(OCC(O)COC(=O)CCCCC(=O)OC)cc2)cc1. The second-order valence-corrected chi connectivity index (χ2v) is 9.48. The maximum Gasteiger partial charge on any atom is 0.305 e. The highest BCUT2D eigenvalue weighted by atomic mass is 16.5. The molecule has 0 aliphatic heterocycles. The third-order valence-corrected chi connectivity index (χ3v) is 6.18. The molecule has 0 spiro atoms. The van der Waals surface area contributed by atoms with Crippen molar-refractivity contribution >= 4 is 11.9 Å². The Morgan fingerprint density at radius 1 is 0.763 bits per heavy atom. The predicted octanol–water partition coefficient (Wildman–Crippen LogP) is 4.81. The van der Waals surface area contributed by atoms with Crippen LogP contribution in [0.5, 0.6) is 11.5 Å². The van der Waals surface area contributed by atoms with Gasteiger partial charge in [-0.2, -0.15) is 0 Å². The normalized spacial score (nSPS) is 12.6. The molecule has 0 amide bonds. The van der Waals surface area contributed by atoms with Crippen LogP contribution in [0.15, 0.2) is 48.5 Å². The first-order valence-electron chi connectivity index (χ1n) is 12.7. The predicted molar refractivity (Wildman–Crippen MR) is 146 cm³/mol. The van der Waals surface area contributed by atoms with Crippen molar-refractivity contribution in [1.82, 2.24) is 0 Å². The van der Waals surface area contributed by atoms with Gasteiger partial charge in [-0.1, -0.05) is 52.5 Å². The summed E-state index contributed by atoms with van der Waals surface area (Å²) in [7, 11) is 1.33. The minimum atomic E-state index is -0.950. The topological polar surface area (TPSA) is 112 Å². The molecule has 0 aliphatic carbocycles. The summed E-state index contributed by atoms with van der Waals surface area (Å²) >= 11 is 0. The highest BCUT2D eigenvalue weighted by molar-refractivity contribution is 5.70. The number of hydrogen-bond acceptors (Lipinski definition) is 8. The number of esters is 2. The number of aliphatic hydroxyl groups excluding tert-OH is 2. The quantitative estimate of drug-likeness (QED) is 0.234.